The van der Waals surface area contributed by atoms with Crippen LogP contribution in [0.2, 0.25) is 0 Å². The highest BCUT2D eigenvalue weighted by atomic mass is 19.1. The van der Waals surface area contributed by atoms with Gasteiger partial charge in [0.2, 0.25) is 0 Å². The van der Waals surface area contributed by atoms with Crippen molar-refractivity contribution in [3.8, 4) is 17.0 Å². The smallest absolute Gasteiger partial charge is 0.255 e. The molecule has 1 saturated heterocycles. The molecule has 0 bridgehead atoms. The molecule has 3 heterocycles. The number of carbonyl (C=O) groups excluding carboxylic acids is 1. The van der Waals surface area contributed by atoms with Crippen LogP contribution in [0.5, 0.6) is 5.75 Å². The van der Waals surface area contributed by atoms with Crippen molar-refractivity contribution < 1.29 is 14.3 Å². The van der Waals surface area contributed by atoms with Gasteiger partial charge in [0.05, 0.1) is 23.5 Å². The third kappa shape index (κ3) is 3.16. The van der Waals surface area contributed by atoms with Crippen molar-refractivity contribution in [1.82, 2.24) is 15.2 Å². The number of phenols is 1. The number of halogens is 1. The van der Waals surface area contributed by atoms with Gasteiger partial charge in [-0.25, -0.2) is 9.37 Å². The number of hydrogen-bond acceptors (Lipinski definition) is 5. The molecule has 2 aliphatic heterocycles. The van der Waals surface area contributed by atoms with Crippen LogP contribution in [0.3, 0.4) is 0 Å². The van der Waals surface area contributed by atoms with Crippen molar-refractivity contribution >= 4 is 11.6 Å². The summed E-state index contributed by atoms with van der Waals surface area (Å²) in [6, 6.07) is 5.86. The number of rotatable bonds is 2. The first-order valence-corrected chi connectivity index (χ1v) is 9.43. The summed E-state index contributed by atoms with van der Waals surface area (Å²) in [5.74, 6) is -0.816. The van der Waals surface area contributed by atoms with Crippen LogP contribution in [0.25, 0.3) is 11.3 Å². The molecule has 2 atom stereocenters. The molecule has 2 aliphatic rings. The number of piperazine rings is 1. The summed E-state index contributed by atoms with van der Waals surface area (Å²) in [4.78, 5) is 24.3. The Hall–Kier alpha value is -2.80. The molecule has 2 N–H and O–H groups in total. The van der Waals surface area contributed by atoms with Gasteiger partial charge in [0.15, 0.2) is 0 Å². The Kier molecular flexibility index (Phi) is 4.63. The van der Waals surface area contributed by atoms with E-state index >= 15 is 0 Å². The van der Waals surface area contributed by atoms with Gasteiger partial charge in [-0.2, -0.15) is 0 Å². The Balaban J connectivity index is 1.83. The first-order valence-electron chi connectivity index (χ1n) is 9.43. The SMILES string of the molecule is CC1=NCc2nc(-c3ccc(O)cc3F)cc(C(=O)N3C[C@H](C)NC[C@@H]3C)c21. The minimum atomic E-state index is -0.578. The summed E-state index contributed by atoms with van der Waals surface area (Å²) in [6.07, 6.45) is 0. The lowest BCUT2D eigenvalue weighted by molar-refractivity contribution is 0.0616. The number of carbonyl (C=O) groups is 1. The van der Waals surface area contributed by atoms with Crippen LogP contribution >= 0.6 is 0 Å². The van der Waals surface area contributed by atoms with Crippen molar-refractivity contribution in [3.63, 3.8) is 0 Å². The van der Waals surface area contributed by atoms with Crippen LogP contribution in [0.4, 0.5) is 4.39 Å². The Morgan fingerprint density at radius 1 is 1.32 bits per heavy atom. The standard InChI is InChI=1S/C21H23FN4O2/c1-11-10-26(12(2)8-23-11)21(28)16-7-18(15-5-4-14(27)6-17(15)22)25-19-9-24-13(3)20(16)19/h4-7,11-12,23,27H,8-10H2,1-3H3/t11-,12-/m0/s1. The molecule has 146 valence electrons. The fraction of sp³-hybridized carbons (Fsp3) is 0.381. The lowest BCUT2D eigenvalue weighted by Crippen LogP contribution is -2.56. The normalized spacial score (nSPS) is 21.4. The van der Waals surface area contributed by atoms with Gasteiger partial charge in [-0.15, -0.1) is 0 Å². The predicted molar refractivity (Wildman–Crippen MR) is 105 cm³/mol. The largest absolute Gasteiger partial charge is 0.508 e. The predicted octanol–water partition coefficient (Wildman–Crippen LogP) is 2.74. The van der Waals surface area contributed by atoms with Gasteiger partial charge in [-0.3, -0.25) is 9.79 Å². The molecule has 0 saturated carbocycles. The number of aromatic hydroxyl groups is 1. The summed E-state index contributed by atoms with van der Waals surface area (Å²) < 4.78 is 14.4. The van der Waals surface area contributed by atoms with Crippen LogP contribution in [0.1, 0.15) is 42.4 Å². The van der Waals surface area contributed by atoms with E-state index < -0.39 is 5.82 Å². The summed E-state index contributed by atoms with van der Waals surface area (Å²) in [5.41, 5.74) is 3.35. The van der Waals surface area contributed by atoms with E-state index in [0.29, 0.717) is 30.0 Å². The number of amides is 1. The molecule has 28 heavy (non-hydrogen) atoms. The second-order valence-corrected chi connectivity index (χ2v) is 7.56. The van der Waals surface area contributed by atoms with Crippen LogP contribution < -0.4 is 5.32 Å². The number of pyridine rings is 1. The van der Waals surface area contributed by atoms with E-state index in [2.05, 4.69) is 15.3 Å². The first-order chi connectivity index (χ1) is 13.3. The van der Waals surface area contributed by atoms with E-state index in [1.54, 1.807) is 6.07 Å². The second kappa shape index (κ2) is 6.98. The zero-order chi connectivity index (χ0) is 20.0. The third-order valence-corrected chi connectivity index (χ3v) is 5.41. The number of benzene rings is 1. The zero-order valence-electron chi connectivity index (χ0n) is 16.2. The quantitative estimate of drug-likeness (QED) is 0.837. The maximum atomic E-state index is 14.4. The maximum absolute atomic E-state index is 14.4. The number of aliphatic imine (C=N–C) groups is 1. The zero-order valence-corrected chi connectivity index (χ0v) is 16.2. The molecular weight excluding hydrogens is 359 g/mol. The van der Waals surface area contributed by atoms with Crippen molar-refractivity contribution in [2.45, 2.75) is 39.4 Å². The average Bonchev–Trinajstić information content (AvgIpc) is 3.03. The molecular formula is C21H23FN4O2. The van der Waals surface area contributed by atoms with E-state index in [9.17, 15) is 14.3 Å². The van der Waals surface area contributed by atoms with Gasteiger partial charge < -0.3 is 15.3 Å². The highest BCUT2D eigenvalue weighted by Gasteiger charge is 2.32. The lowest BCUT2D eigenvalue weighted by Gasteiger charge is -2.38. The van der Waals surface area contributed by atoms with E-state index in [4.69, 9.17) is 0 Å². The van der Waals surface area contributed by atoms with Gasteiger partial charge in [0.25, 0.3) is 5.91 Å². The minimum Gasteiger partial charge on any atom is -0.508 e. The monoisotopic (exact) mass is 382 g/mol. The highest BCUT2D eigenvalue weighted by Crippen LogP contribution is 2.31. The van der Waals surface area contributed by atoms with Gasteiger partial charge in [0, 0.05) is 48.1 Å². The van der Waals surface area contributed by atoms with Crippen LogP contribution in [-0.4, -0.2) is 51.8 Å². The highest BCUT2D eigenvalue weighted by molar-refractivity contribution is 6.11. The number of hydrogen-bond donors (Lipinski definition) is 2. The van der Waals surface area contributed by atoms with Gasteiger partial charge in [-0.1, -0.05) is 0 Å². The van der Waals surface area contributed by atoms with Crippen molar-refractivity contribution in [3.05, 3.63) is 46.9 Å². The molecule has 1 amide bonds. The maximum Gasteiger partial charge on any atom is 0.255 e. The molecule has 4 rings (SSSR count). The molecule has 7 heteroatoms. The number of fused-ring (bicyclic) bond motifs is 1. The Morgan fingerprint density at radius 3 is 2.86 bits per heavy atom. The molecule has 2 aromatic rings. The Bertz CT molecular complexity index is 989. The van der Waals surface area contributed by atoms with E-state index in [1.165, 1.54) is 12.1 Å². The fourth-order valence-electron chi connectivity index (χ4n) is 3.87. The van der Waals surface area contributed by atoms with Crippen molar-refractivity contribution in [1.29, 1.82) is 0 Å². The summed E-state index contributed by atoms with van der Waals surface area (Å²) in [5, 5.41) is 12.9. The van der Waals surface area contributed by atoms with Gasteiger partial charge >= 0.3 is 0 Å². The number of aromatic nitrogens is 1. The number of nitrogens with zero attached hydrogens (tertiary/aromatic N) is 3. The first kappa shape index (κ1) is 18.6. The molecule has 0 spiro atoms. The molecule has 0 unspecified atom stereocenters. The van der Waals surface area contributed by atoms with Crippen molar-refractivity contribution in [2.24, 2.45) is 4.99 Å². The van der Waals surface area contributed by atoms with Crippen LogP contribution in [-0.2, 0) is 6.54 Å². The molecule has 1 fully saturated rings. The average molecular weight is 382 g/mol. The molecule has 0 aliphatic carbocycles. The van der Waals surface area contributed by atoms with E-state index in [0.717, 1.165) is 23.9 Å². The lowest BCUT2D eigenvalue weighted by atomic mass is 9.98. The minimum absolute atomic E-state index is 0.0556. The van der Waals surface area contributed by atoms with Gasteiger partial charge in [-0.05, 0) is 39.0 Å². The fourth-order valence-corrected chi connectivity index (χ4v) is 3.87. The molecule has 6 nitrogen and oxygen atoms in total. The number of nitrogens with one attached hydrogen (secondary N) is 1. The van der Waals surface area contributed by atoms with E-state index in [-0.39, 0.29) is 29.3 Å². The Morgan fingerprint density at radius 2 is 2.11 bits per heavy atom. The van der Waals surface area contributed by atoms with Crippen molar-refractivity contribution in [2.75, 3.05) is 13.1 Å². The molecule has 1 aromatic carbocycles. The molecule has 0 radical (unpaired) electrons. The summed E-state index contributed by atoms with van der Waals surface area (Å²) >= 11 is 0. The Labute approximate surface area is 163 Å². The number of phenolic OH excluding ortho intramolecular Hbond substituents is 1. The van der Waals surface area contributed by atoms with E-state index in [1.807, 2.05) is 25.7 Å². The summed E-state index contributed by atoms with van der Waals surface area (Å²) in [6.45, 7) is 7.65. The van der Waals surface area contributed by atoms with Gasteiger partial charge in [0.1, 0.15) is 11.6 Å². The van der Waals surface area contributed by atoms with Crippen LogP contribution in [0, 0.1) is 5.82 Å². The third-order valence-electron chi connectivity index (χ3n) is 5.41. The molecule has 1 aromatic heterocycles. The topological polar surface area (TPSA) is 77.8 Å². The van der Waals surface area contributed by atoms with Crippen LogP contribution in [0.15, 0.2) is 29.3 Å². The second-order valence-electron chi connectivity index (χ2n) is 7.56. The summed E-state index contributed by atoms with van der Waals surface area (Å²) in [7, 11) is 0.